The summed E-state index contributed by atoms with van der Waals surface area (Å²) in [6, 6.07) is 8.76. The van der Waals surface area contributed by atoms with E-state index in [0.717, 1.165) is 13.0 Å². The van der Waals surface area contributed by atoms with E-state index in [1.54, 1.807) is 0 Å². The molecule has 2 atom stereocenters. The molecule has 108 valence electrons. The molecule has 4 heteroatoms. The van der Waals surface area contributed by atoms with E-state index in [1.807, 2.05) is 25.7 Å². The van der Waals surface area contributed by atoms with Gasteiger partial charge in [0.05, 0.1) is 6.04 Å². The van der Waals surface area contributed by atoms with Gasteiger partial charge in [-0.1, -0.05) is 18.2 Å². The Morgan fingerprint density at radius 1 is 1.35 bits per heavy atom. The summed E-state index contributed by atoms with van der Waals surface area (Å²) >= 11 is 0. The maximum absolute atomic E-state index is 12.2. The lowest BCUT2D eigenvalue weighted by Crippen LogP contribution is -2.48. The van der Waals surface area contributed by atoms with Crippen LogP contribution in [0.2, 0.25) is 0 Å². The SMILES string of the molecule is CC(C)(C)OC(=O)N1CCC2c3ccccc3NC2C1. The summed E-state index contributed by atoms with van der Waals surface area (Å²) in [6.07, 6.45) is 0.794. The number of benzene rings is 1. The highest BCUT2D eigenvalue weighted by atomic mass is 16.6. The first kappa shape index (κ1) is 13.3. The van der Waals surface area contributed by atoms with Gasteiger partial charge < -0.3 is 15.0 Å². The van der Waals surface area contributed by atoms with Crippen LogP contribution >= 0.6 is 0 Å². The highest BCUT2D eigenvalue weighted by molar-refractivity contribution is 5.69. The van der Waals surface area contributed by atoms with Crippen molar-refractivity contribution in [3.8, 4) is 0 Å². The van der Waals surface area contributed by atoms with Crippen LogP contribution in [0.15, 0.2) is 24.3 Å². The summed E-state index contributed by atoms with van der Waals surface area (Å²) in [6.45, 7) is 7.20. The van der Waals surface area contributed by atoms with E-state index in [-0.39, 0.29) is 6.09 Å². The number of ether oxygens (including phenoxy) is 1. The van der Waals surface area contributed by atoms with Crippen LogP contribution in [0, 0.1) is 0 Å². The van der Waals surface area contributed by atoms with Crippen LogP contribution in [-0.4, -0.2) is 35.7 Å². The van der Waals surface area contributed by atoms with Gasteiger partial charge in [0.25, 0.3) is 0 Å². The Morgan fingerprint density at radius 3 is 2.85 bits per heavy atom. The highest BCUT2D eigenvalue weighted by Gasteiger charge is 2.38. The molecule has 1 aromatic rings. The summed E-state index contributed by atoms with van der Waals surface area (Å²) in [7, 11) is 0. The molecule has 1 aromatic carbocycles. The quantitative estimate of drug-likeness (QED) is 0.790. The number of rotatable bonds is 0. The van der Waals surface area contributed by atoms with E-state index in [0.29, 0.717) is 18.5 Å². The highest BCUT2D eigenvalue weighted by Crippen LogP contribution is 2.40. The minimum Gasteiger partial charge on any atom is -0.444 e. The van der Waals surface area contributed by atoms with Gasteiger partial charge in [-0.05, 0) is 38.8 Å². The average Bonchev–Trinajstić information content (AvgIpc) is 2.74. The average molecular weight is 274 g/mol. The molecular weight excluding hydrogens is 252 g/mol. The molecule has 0 aromatic heterocycles. The number of carbonyl (C=O) groups excluding carboxylic acids is 1. The van der Waals surface area contributed by atoms with Gasteiger partial charge in [0.1, 0.15) is 5.60 Å². The molecule has 1 fully saturated rings. The second kappa shape index (κ2) is 4.69. The Labute approximate surface area is 120 Å². The molecule has 2 heterocycles. The van der Waals surface area contributed by atoms with E-state index < -0.39 is 5.60 Å². The van der Waals surface area contributed by atoms with Gasteiger partial charge in [0, 0.05) is 24.7 Å². The van der Waals surface area contributed by atoms with Crippen molar-refractivity contribution in [2.45, 2.75) is 44.8 Å². The fourth-order valence-electron chi connectivity index (χ4n) is 3.11. The fourth-order valence-corrected chi connectivity index (χ4v) is 3.11. The Hall–Kier alpha value is -1.71. The van der Waals surface area contributed by atoms with Crippen LogP contribution in [0.4, 0.5) is 10.5 Å². The van der Waals surface area contributed by atoms with Crippen LogP contribution in [0.1, 0.15) is 38.7 Å². The zero-order valence-electron chi connectivity index (χ0n) is 12.3. The number of hydrogen-bond acceptors (Lipinski definition) is 3. The molecular formula is C16H22N2O2. The maximum Gasteiger partial charge on any atom is 0.410 e. The van der Waals surface area contributed by atoms with Gasteiger partial charge in [-0.3, -0.25) is 0 Å². The van der Waals surface area contributed by atoms with E-state index in [2.05, 4.69) is 29.6 Å². The Balaban J connectivity index is 1.68. The van der Waals surface area contributed by atoms with Crippen molar-refractivity contribution in [2.75, 3.05) is 18.4 Å². The van der Waals surface area contributed by atoms with Gasteiger partial charge >= 0.3 is 6.09 Å². The lowest BCUT2D eigenvalue weighted by atomic mass is 9.89. The van der Waals surface area contributed by atoms with E-state index >= 15 is 0 Å². The number of nitrogens with one attached hydrogen (secondary N) is 1. The molecule has 2 aliphatic rings. The van der Waals surface area contributed by atoms with Gasteiger partial charge in [-0.15, -0.1) is 0 Å². The van der Waals surface area contributed by atoms with Crippen molar-refractivity contribution in [1.29, 1.82) is 0 Å². The fraction of sp³-hybridized carbons (Fsp3) is 0.562. The standard InChI is InChI=1S/C16H22N2O2/c1-16(2,3)20-15(19)18-9-8-12-11-6-4-5-7-13(11)17-14(12)10-18/h4-7,12,14,17H,8-10H2,1-3H3. The van der Waals surface area contributed by atoms with Crippen LogP contribution in [-0.2, 0) is 4.74 Å². The summed E-state index contributed by atoms with van der Waals surface area (Å²) in [5, 5.41) is 3.53. The molecule has 4 nitrogen and oxygen atoms in total. The topological polar surface area (TPSA) is 41.6 Å². The van der Waals surface area contributed by atoms with Crippen molar-refractivity contribution in [3.05, 3.63) is 29.8 Å². The number of para-hydroxylation sites is 1. The predicted molar refractivity (Wildman–Crippen MR) is 79.0 cm³/mol. The third kappa shape index (κ3) is 2.47. The number of amides is 1. The number of anilines is 1. The van der Waals surface area contributed by atoms with Gasteiger partial charge in [0.15, 0.2) is 0 Å². The number of piperidine rings is 1. The lowest BCUT2D eigenvalue weighted by molar-refractivity contribution is 0.0197. The molecule has 20 heavy (non-hydrogen) atoms. The molecule has 0 spiro atoms. The number of fused-ring (bicyclic) bond motifs is 3. The molecule has 3 rings (SSSR count). The molecule has 1 amide bonds. The minimum absolute atomic E-state index is 0.200. The van der Waals surface area contributed by atoms with Crippen LogP contribution in [0.3, 0.4) is 0 Å². The largest absolute Gasteiger partial charge is 0.444 e. The Bertz CT molecular complexity index is 521. The van der Waals surface area contributed by atoms with E-state index in [1.165, 1.54) is 11.3 Å². The van der Waals surface area contributed by atoms with Crippen molar-refractivity contribution in [2.24, 2.45) is 0 Å². The van der Waals surface area contributed by atoms with Crippen molar-refractivity contribution in [1.82, 2.24) is 4.90 Å². The first-order valence-electron chi connectivity index (χ1n) is 7.27. The number of nitrogens with zero attached hydrogens (tertiary/aromatic N) is 1. The zero-order chi connectivity index (χ0) is 14.3. The predicted octanol–water partition coefficient (Wildman–Crippen LogP) is 3.21. The first-order chi connectivity index (χ1) is 9.44. The molecule has 0 saturated carbocycles. The van der Waals surface area contributed by atoms with E-state index in [9.17, 15) is 4.79 Å². The summed E-state index contributed by atoms with van der Waals surface area (Å²) in [5.74, 6) is 0.518. The first-order valence-corrected chi connectivity index (χ1v) is 7.27. The van der Waals surface area contributed by atoms with Crippen molar-refractivity contribution >= 4 is 11.8 Å². The summed E-state index contributed by atoms with van der Waals surface area (Å²) in [5.41, 5.74) is 2.18. The Morgan fingerprint density at radius 2 is 2.10 bits per heavy atom. The molecule has 1 N–H and O–H groups in total. The summed E-state index contributed by atoms with van der Waals surface area (Å²) in [4.78, 5) is 14.0. The van der Waals surface area contributed by atoms with Crippen LogP contribution in [0.25, 0.3) is 0 Å². The second-order valence-corrected chi connectivity index (χ2v) is 6.66. The lowest BCUT2D eigenvalue weighted by Gasteiger charge is -2.36. The molecule has 2 aliphatic heterocycles. The monoisotopic (exact) mass is 274 g/mol. The van der Waals surface area contributed by atoms with Gasteiger partial charge in [0.2, 0.25) is 0 Å². The smallest absolute Gasteiger partial charge is 0.410 e. The third-order valence-electron chi connectivity index (χ3n) is 3.97. The Kier molecular flexibility index (Phi) is 3.11. The van der Waals surface area contributed by atoms with Crippen molar-refractivity contribution < 1.29 is 9.53 Å². The van der Waals surface area contributed by atoms with Gasteiger partial charge in [-0.25, -0.2) is 4.79 Å². The van der Waals surface area contributed by atoms with Crippen LogP contribution in [0.5, 0.6) is 0 Å². The normalized spacial score (nSPS) is 24.6. The molecule has 1 saturated heterocycles. The molecule has 2 unspecified atom stereocenters. The zero-order valence-corrected chi connectivity index (χ0v) is 12.3. The molecule has 0 aliphatic carbocycles. The summed E-state index contributed by atoms with van der Waals surface area (Å²) < 4.78 is 5.46. The number of hydrogen-bond donors (Lipinski definition) is 1. The second-order valence-electron chi connectivity index (χ2n) is 6.66. The number of likely N-dealkylation sites (tertiary alicyclic amines) is 1. The van der Waals surface area contributed by atoms with E-state index in [4.69, 9.17) is 4.74 Å². The third-order valence-corrected chi connectivity index (χ3v) is 3.97. The number of carbonyl (C=O) groups is 1. The maximum atomic E-state index is 12.2. The van der Waals surface area contributed by atoms with Crippen molar-refractivity contribution in [3.63, 3.8) is 0 Å². The molecule has 0 bridgehead atoms. The van der Waals surface area contributed by atoms with Crippen LogP contribution < -0.4 is 5.32 Å². The minimum atomic E-state index is -0.431. The van der Waals surface area contributed by atoms with Gasteiger partial charge in [-0.2, -0.15) is 0 Å². The molecule has 0 radical (unpaired) electrons.